The Morgan fingerprint density at radius 3 is 2.46 bits per heavy atom. The predicted octanol–water partition coefficient (Wildman–Crippen LogP) is 4.46. The summed E-state index contributed by atoms with van der Waals surface area (Å²) in [4.78, 5) is 35.9. The summed E-state index contributed by atoms with van der Waals surface area (Å²) in [7, 11) is 1.49. The number of aromatic amines is 1. The third-order valence-corrected chi connectivity index (χ3v) is 6.95. The summed E-state index contributed by atoms with van der Waals surface area (Å²) in [5.74, 6) is 1.19. The number of ether oxygens (including phenoxy) is 1. The van der Waals surface area contributed by atoms with Crippen LogP contribution in [-0.4, -0.2) is 64.5 Å². The first-order valence-corrected chi connectivity index (χ1v) is 12.9. The largest absolute Gasteiger partial charge is 0.495 e. The molecule has 0 aliphatic carbocycles. The van der Waals surface area contributed by atoms with E-state index in [-0.39, 0.29) is 11.2 Å². The van der Waals surface area contributed by atoms with E-state index in [9.17, 15) is 14.9 Å². The number of likely N-dealkylation sites (N-methyl/N-ethyl adjacent to an activating group) is 1. The molecule has 0 radical (unpaired) electrons. The molecule has 11 heteroatoms. The fraction of sp³-hybridized carbons (Fsp3) is 0.286. The fourth-order valence-corrected chi connectivity index (χ4v) is 4.77. The number of pyridine rings is 2. The highest BCUT2D eigenvalue weighted by molar-refractivity contribution is 5.95. The molecule has 1 aliphatic rings. The van der Waals surface area contributed by atoms with Crippen LogP contribution in [0.3, 0.4) is 0 Å². The molecule has 5 rings (SSSR count). The number of rotatable bonds is 9. The van der Waals surface area contributed by atoms with Crippen molar-refractivity contribution in [3.63, 3.8) is 0 Å². The molecule has 0 amide bonds. The molecular formula is C28H31N7O4. The van der Waals surface area contributed by atoms with E-state index in [1.165, 1.54) is 30.9 Å². The number of H-pyrrole nitrogens is 1. The number of nitro benzene ring substituents is 1. The summed E-state index contributed by atoms with van der Waals surface area (Å²) >= 11 is 0. The predicted molar refractivity (Wildman–Crippen MR) is 152 cm³/mol. The summed E-state index contributed by atoms with van der Waals surface area (Å²) < 4.78 is 5.37. The lowest BCUT2D eigenvalue weighted by Crippen LogP contribution is -2.45. The first-order chi connectivity index (χ1) is 18.9. The third kappa shape index (κ3) is 6.00. The Kier molecular flexibility index (Phi) is 7.71. The lowest BCUT2D eigenvalue weighted by molar-refractivity contribution is -0.384. The third-order valence-electron chi connectivity index (χ3n) is 6.95. The van der Waals surface area contributed by atoms with Crippen LogP contribution in [0.5, 0.6) is 5.75 Å². The van der Waals surface area contributed by atoms with E-state index < -0.39 is 4.92 Å². The normalized spacial score (nSPS) is 14.3. The van der Waals surface area contributed by atoms with Crippen LogP contribution >= 0.6 is 0 Å². The van der Waals surface area contributed by atoms with Crippen LogP contribution < -0.4 is 20.9 Å². The molecule has 0 saturated carbocycles. The highest BCUT2D eigenvalue weighted by Gasteiger charge is 2.17. The van der Waals surface area contributed by atoms with Gasteiger partial charge in [-0.25, -0.2) is 4.98 Å². The number of non-ortho nitro benzene ring substituents is 1. The van der Waals surface area contributed by atoms with Gasteiger partial charge in [-0.15, -0.1) is 0 Å². The Morgan fingerprint density at radius 2 is 1.77 bits per heavy atom. The van der Waals surface area contributed by atoms with Crippen molar-refractivity contribution in [2.75, 3.05) is 50.5 Å². The molecule has 1 fully saturated rings. The quantitative estimate of drug-likeness (QED) is 0.213. The first kappa shape index (κ1) is 26.1. The number of nitrogens with zero attached hydrogens (tertiary/aromatic N) is 4. The van der Waals surface area contributed by atoms with Gasteiger partial charge in [0.25, 0.3) is 11.2 Å². The van der Waals surface area contributed by atoms with E-state index in [1.807, 2.05) is 12.1 Å². The monoisotopic (exact) mass is 529 g/mol. The van der Waals surface area contributed by atoms with E-state index in [1.54, 1.807) is 18.3 Å². The minimum Gasteiger partial charge on any atom is -0.495 e. The second kappa shape index (κ2) is 11.5. The molecule has 2 aromatic carbocycles. The molecule has 11 nitrogen and oxygen atoms in total. The van der Waals surface area contributed by atoms with Crippen LogP contribution in [0.2, 0.25) is 0 Å². The molecule has 1 saturated heterocycles. The number of anilines is 4. The van der Waals surface area contributed by atoms with Gasteiger partial charge in [0.1, 0.15) is 17.4 Å². The number of nitrogens with one attached hydrogen (secondary N) is 3. The number of hydrogen-bond acceptors (Lipinski definition) is 9. The van der Waals surface area contributed by atoms with Crippen molar-refractivity contribution in [3.8, 4) is 5.75 Å². The second-order valence-corrected chi connectivity index (χ2v) is 9.43. The van der Waals surface area contributed by atoms with E-state index in [2.05, 4.69) is 49.5 Å². The molecule has 0 bridgehead atoms. The summed E-state index contributed by atoms with van der Waals surface area (Å²) in [5, 5.41) is 18.8. The van der Waals surface area contributed by atoms with Crippen molar-refractivity contribution in [2.45, 2.75) is 13.5 Å². The number of piperazine rings is 1. The van der Waals surface area contributed by atoms with Crippen LogP contribution in [0.1, 0.15) is 12.5 Å². The standard InChI is InChI=1S/C28H31N7O4/c1-3-33-12-14-34(15-13-33)18-19-4-6-21(7-5-19)30-27-26-20(10-11-29-28(26)36)16-25(32-27)31-23-17-22(35(37)38)8-9-24(23)39-2/h4-11,16-17H,3,12-15,18H2,1-2H3,(H,29,36)(H2,30,31,32). The summed E-state index contributed by atoms with van der Waals surface area (Å²) in [6, 6.07) is 15.9. The lowest BCUT2D eigenvalue weighted by atomic mass is 10.1. The molecule has 39 heavy (non-hydrogen) atoms. The Morgan fingerprint density at radius 1 is 1.03 bits per heavy atom. The van der Waals surface area contributed by atoms with E-state index in [4.69, 9.17) is 4.74 Å². The Bertz CT molecular complexity index is 1530. The number of nitro groups is 1. The van der Waals surface area contributed by atoms with Gasteiger partial charge in [-0.05, 0) is 47.8 Å². The maximum atomic E-state index is 12.7. The van der Waals surface area contributed by atoms with Gasteiger partial charge in [-0.3, -0.25) is 19.8 Å². The molecule has 1 aliphatic heterocycles. The number of methoxy groups -OCH3 is 1. The molecule has 4 aromatic rings. The molecule has 0 atom stereocenters. The van der Waals surface area contributed by atoms with Gasteiger partial charge < -0.3 is 25.3 Å². The average Bonchev–Trinajstić information content (AvgIpc) is 2.94. The first-order valence-electron chi connectivity index (χ1n) is 12.9. The van der Waals surface area contributed by atoms with Gasteiger partial charge in [0.15, 0.2) is 0 Å². The minimum atomic E-state index is -0.472. The van der Waals surface area contributed by atoms with Gasteiger partial charge in [0.05, 0.1) is 23.1 Å². The van der Waals surface area contributed by atoms with E-state index in [0.29, 0.717) is 33.8 Å². The maximum absolute atomic E-state index is 12.7. The Balaban J connectivity index is 1.40. The van der Waals surface area contributed by atoms with Crippen molar-refractivity contribution in [1.82, 2.24) is 19.8 Å². The highest BCUT2D eigenvalue weighted by Crippen LogP contribution is 2.33. The van der Waals surface area contributed by atoms with Crippen LogP contribution in [0, 0.1) is 10.1 Å². The number of aromatic nitrogens is 2. The molecule has 0 unspecified atom stereocenters. The number of hydrogen-bond donors (Lipinski definition) is 3. The molecule has 3 heterocycles. The molecule has 2 aromatic heterocycles. The zero-order valence-electron chi connectivity index (χ0n) is 21.9. The smallest absolute Gasteiger partial charge is 0.271 e. The Hall–Kier alpha value is -4.48. The van der Waals surface area contributed by atoms with Crippen molar-refractivity contribution in [2.24, 2.45) is 0 Å². The van der Waals surface area contributed by atoms with Crippen LogP contribution in [-0.2, 0) is 6.54 Å². The van der Waals surface area contributed by atoms with Gasteiger partial charge in [-0.1, -0.05) is 19.1 Å². The summed E-state index contributed by atoms with van der Waals surface area (Å²) in [6.07, 6.45) is 1.57. The maximum Gasteiger partial charge on any atom is 0.271 e. The van der Waals surface area contributed by atoms with Crippen molar-refractivity contribution in [1.29, 1.82) is 0 Å². The minimum absolute atomic E-state index is 0.0822. The average molecular weight is 530 g/mol. The van der Waals surface area contributed by atoms with Gasteiger partial charge in [0.2, 0.25) is 0 Å². The summed E-state index contributed by atoms with van der Waals surface area (Å²) in [6.45, 7) is 8.48. The van der Waals surface area contributed by atoms with Crippen molar-refractivity contribution in [3.05, 3.63) is 86.8 Å². The molecule has 3 N–H and O–H groups in total. The van der Waals surface area contributed by atoms with Crippen LogP contribution in [0.4, 0.5) is 28.7 Å². The SMILES string of the molecule is CCN1CCN(Cc2ccc(Nc3nc(Nc4cc([N+](=O)[O-])ccc4OC)cc4cc[nH]c(=O)c34)cc2)CC1. The lowest BCUT2D eigenvalue weighted by Gasteiger charge is -2.34. The fourth-order valence-electron chi connectivity index (χ4n) is 4.77. The van der Waals surface area contributed by atoms with E-state index >= 15 is 0 Å². The zero-order chi connectivity index (χ0) is 27.4. The number of fused-ring (bicyclic) bond motifs is 1. The van der Waals surface area contributed by atoms with Gasteiger partial charge in [-0.2, -0.15) is 0 Å². The van der Waals surface area contributed by atoms with Gasteiger partial charge in [0, 0.05) is 56.7 Å². The second-order valence-electron chi connectivity index (χ2n) is 9.43. The Labute approximate surface area is 225 Å². The molecule has 202 valence electrons. The number of benzene rings is 2. The zero-order valence-corrected chi connectivity index (χ0v) is 21.9. The summed E-state index contributed by atoms with van der Waals surface area (Å²) in [5.41, 5.74) is 2.04. The van der Waals surface area contributed by atoms with Crippen LogP contribution in [0.25, 0.3) is 10.8 Å². The molecule has 0 spiro atoms. The van der Waals surface area contributed by atoms with Gasteiger partial charge >= 0.3 is 0 Å². The topological polar surface area (TPSA) is 129 Å². The van der Waals surface area contributed by atoms with Crippen molar-refractivity contribution < 1.29 is 9.66 Å². The molecular weight excluding hydrogens is 498 g/mol. The van der Waals surface area contributed by atoms with Crippen molar-refractivity contribution >= 4 is 39.5 Å². The highest BCUT2D eigenvalue weighted by atomic mass is 16.6. The van der Waals surface area contributed by atoms with E-state index in [0.717, 1.165) is 45.0 Å². The van der Waals surface area contributed by atoms with Crippen LogP contribution in [0.15, 0.2) is 65.6 Å².